The van der Waals surface area contributed by atoms with Gasteiger partial charge >= 0.3 is 0 Å². The van der Waals surface area contributed by atoms with Gasteiger partial charge in [0.05, 0.1) is 0 Å². The van der Waals surface area contributed by atoms with Crippen molar-refractivity contribution in [3.05, 3.63) is 35.4 Å². The molecule has 0 radical (unpaired) electrons. The number of amides is 1. The largest absolute Gasteiger partial charge is 0.352 e. The fourth-order valence-corrected chi connectivity index (χ4v) is 2.57. The molecule has 122 valence electrons. The average Bonchev–Trinajstić information content (AvgIpc) is 2.53. The van der Waals surface area contributed by atoms with Crippen LogP contribution < -0.4 is 10.6 Å². The molecule has 0 aliphatic carbocycles. The van der Waals surface area contributed by atoms with Crippen LogP contribution in [-0.2, 0) is 11.2 Å². The Morgan fingerprint density at radius 2 is 1.95 bits per heavy atom. The van der Waals surface area contributed by atoms with Gasteiger partial charge in [0.25, 0.3) is 0 Å². The number of hydrogen-bond donors (Lipinski definition) is 2. The summed E-state index contributed by atoms with van der Waals surface area (Å²) in [5, 5.41) is 6.25. The third-order valence-corrected chi connectivity index (χ3v) is 3.93. The number of ketones is 1. The normalized spacial score (nSPS) is 17.4. The number of hydrogen-bond acceptors (Lipinski definition) is 3. The molecule has 0 aromatic heterocycles. The smallest absolute Gasteiger partial charge is 0.220 e. The second kappa shape index (κ2) is 9.59. The predicted octanol–water partition coefficient (Wildman–Crippen LogP) is 2.50. The van der Waals surface area contributed by atoms with Gasteiger partial charge in [-0.1, -0.05) is 31.2 Å². The summed E-state index contributed by atoms with van der Waals surface area (Å²) in [6, 6.07) is 7.86. The minimum atomic E-state index is -0.0257. The number of carbonyl (C=O) groups is 2. The lowest BCUT2D eigenvalue weighted by Gasteiger charge is -2.23. The Labute approximate surface area is 138 Å². The molecular weight excluding hydrogens is 300 g/mol. The van der Waals surface area contributed by atoms with Gasteiger partial charge in [0.1, 0.15) is 0 Å². The van der Waals surface area contributed by atoms with Crippen molar-refractivity contribution in [2.24, 2.45) is 0 Å². The molecule has 1 aliphatic rings. The van der Waals surface area contributed by atoms with Crippen molar-refractivity contribution >= 4 is 24.1 Å². The summed E-state index contributed by atoms with van der Waals surface area (Å²) in [6.07, 6.45) is 3.62. The number of carbonyl (C=O) groups excluding carboxylic acids is 2. The molecule has 1 saturated heterocycles. The van der Waals surface area contributed by atoms with Crippen LogP contribution in [0.1, 0.15) is 48.5 Å². The summed E-state index contributed by atoms with van der Waals surface area (Å²) in [5.41, 5.74) is 1.91. The Bertz CT molecular complexity index is 482. The van der Waals surface area contributed by atoms with E-state index in [0.717, 1.165) is 32.4 Å². The van der Waals surface area contributed by atoms with E-state index in [2.05, 4.69) is 17.6 Å². The van der Waals surface area contributed by atoms with Crippen LogP contribution in [0.2, 0.25) is 0 Å². The van der Waals surface area contributed by atoms with Gasteiger partial charge < -0.3 is 10.6 Å². The summed E-state index contributed by atoms with van der Waals surface area (Å²) in [5.74, 6) is 0.0109. The van der Waals surface area contributed by atoms with Gasteiger partial charge in [-0.15, -0.1) is 12.4 Å². The lowest BCUT2D eigenvalue weighted by molar-refractivity contribution is -0.121. The van der Waals surface area contributed by atoms with E-state index in [9.17, 15) is 9.59 Å². The van der Waals surface area contributed by atoms with E-state index in [1.54, 1.807) is 0 Å². The molecule has 5 heteroatoms. The Balaban J connectivity index is 0.00000242. The Hall–Kier alpha value is -1.39. The molecule has 1 atom stereocenters. The van der Waals surface area contributed by atoms with Gasteiger partial charge in [-0.2, -0.15) is 0 Å². The maximum absolute atomic E-state index is 12.0. The average molecular weight is 325 g/mol. The molecular formula is C17H25ClN2O2. The van der Waals surface area contributed by atoms with Crippen molar-refractivity contribution in [3.8, 4) is 0 Å². The van der Waals surface area contributed by atoms with Crippen LogP contribution in [0.5, 0.6) is 0 Å². The lowest BCUT2D eigenvalue weighted by Crippen LogP contribution is -2.45. The molecule has 2 N–H and O–H groups in total. The molecule has 1 fully saturated rings. The number of benzene rings is 1. The molecule has 0 spiro atoms. The van der Waals surface area contributed by atoms with Crippen LogP contribution in [0, 0.1) is 0 Å². The third-order valence-electron chi connectivity index (χ3n) is 3.93. The van der Waals surface area contributed by atoms with Crippen LogP contribution >= 0.6 is 12.4 Å². The number of piperidine rings is 1. The molecule has 0 bridgehead atoms. The molecule has 1 aromatic rings. The van der Waals surface area contributed by atoms with Crippen molar-refractivity contribution in [2.45, 2.75) is 45.1 Å². The first-order valence-electron chi connectivity index (χ1n) is 7.81. The maximum Gasteiger partial charge on any atom is 0.220 e. The Morgan fingerprint density at radius 1 is 1.23 bits per heavy atom. The Morgan fingerprint density at radius 3 is 2.55 bits per heavy atom. The van der Waals surface area contributed by atoms with Gasteiger partial charge in [0.2, 0.25) is 5.91 Å². The summed E-state index contributed by atoms with van der Waals surface area (Å²) < 4.78 is 0. The molecule has 22 heavy (non-hydrogen) atoms. The van der Waals surface area contributed by atoms with E-state index in [-0.39, 0.29) is 43.0 Å². The maximum atomic E-state index is 12.0. The monoisotopic (exact) mass is 324 g/mol. The fraction of sp³-hybridized carbons (Fsp3) is 0.529. The van der Waals surface area contributed by atoms with Crippen molar-refractivity contribution in [1.82, 2.24) is 10.6 Å². The Kier molecular flexibility index (Phi) is 8.13. The minimum Gasteiger partial charge on any atom is -0.352 e. The molecule has 1 heterocycles. The van der Waals surface area contributed by atoms with Crippen molar-refractivity contribution in [2.75, 3.05) is 13.1 Å². The standard InChI is InChI=1S/C17H24N2O2.ClH/c1-2-13-5-7-14(8-6-13)16(20)9-10-17(21)19-15-4-3-11-18-12-15;/h5-8,15,18H,2-4,9-12H2,1H3,(H,19,21);1H. The SMILES string of the molecule is CCc1ccc(C(=O)CCC(=O)NC2CCCNC2)cc1.Cl. The molecule has 0 saturated carbocycles. The number of halogens is 1. The van der Waals surface area contributed by atoms with Crippen LogP contribution in [0.15, 0.2) is 24.3 Å². The number of aryl methyl sites for hydroxylation is 1. The summed E-state index contributed by atoms with van der Waals surface area (Å²) in [4.78, 5) is 23.9. The molecule has 1 unspecified atom stereocenters. The number of Topliss-reactive ketones (excluding diaryl/α,β-unsaturated/α-hetero) is 1. The quantitative estimate of drug-likeness (QED) is 0.790. The van der Waals surface area contributed by atoms with E-state index in [4.69, 9.17) is 0 Å². The molecule has 1 aromatic carbocycles. The third kappa shape index (κ3) is 5.78. The fourth-order valence-electron chi connectivity index (χ4n) is 2.57. The zero-order chi connectivity index (χ0) is 15.1. The van der Waals surface area contributed by atoms with E-state index in [1.165, 1.54) is 5.56 Å². The van der Waals surface area contributed by atoms with E-state index >= 15 is 0 Å². The molecule has 2 rings (SSSR count). The highest BCUT2D eigenvalue weighted by atomic mass is 35.5. The van der Waals surface area contributed by atoms with Gasteiger partial charge in [-0.3, -0.25) is 9.59 Å². The first-order valence-corrected chi connectivity index (χ1v) is 7.81. The van der Waals surface area contributed by atoms with E-state index < -0.39 is 0 Å². The second-order valence-electron chi connectivity index (χ2n) is 5.58. The topological polar surface area (TPSA) is 58.2 Å². The first-order chi connectivity index (χ1) is 10.2. The predicted molar refractivity (Wildman–Crippen MR) is 90.7 cm³/mol. The van der Waals surface area contributed by atoms with Crippen LogP contribution in [0.4, 0.5) is 0 Å². The molecule has 1 aliphatic heterocycles. The number of rotatable bonds is 6. The lowest BCUT2D eigenvalue weighted by atomic mass is 10.0. The minimum absolute atomic E-state index is 0. The molecule has 1 amide bonds. The summed E-state index contributed by atoms with van der Waals surface area (Å²) in [6.45, 7) is 3.94. The summed E-state index contributed by atoms with van der Waals surface area (Å²) in [7, 11) is 0. The van der Waals surface area contributed by atoms with E-state index in [1.807, 2.05) is 24.3 Å². The molecule has 4 nitrogen and oxygen atoms in total. The zero-order valence-electron chi connectivity index (χ0n) is 13.1. The highest BCUT2D eigenvalue weighted by Crippen LogP contribution is 2.09. The summed E-state index contributed by atoms with van der Waals surface area (Å²) >= 11 is 0. The van der Waals surface area contributed by atoms with Crippen LogP contribution in [0.3, 0.4) is 0 Å². The highest BCUT2D eigenvalue weighted by Gasteiger charge is 2.16. The van der Waals surface area contributed by atoms with Crippen molar-refractivity contribution in [3.63, 3.8) is 0 Å². The van der Waals surface area contributed by atoms with Gasteiger partial charge in [-0.25, -0.2) is 0 Å². The van der Waals surface area contributed by atoms with Gasteiger partial charge in [-0.05, 0) is 31.4 Å². The highest BCUT2D eigenvalue weighted by molar-refractivity contribution is 5.98. The van der Waals surface area contributed by atoms with Gasteiger partial charge in [0, 0.05) is 31.0 Å². The first kappa shape index (κ1) is 18.7. The number of nitrogens with one attached hydrogen (secondary N) is 2. The van der Waals surface area contributed by atoms with Crippen LogP contribution in [-0.4, -0.2) is 30.8 Å². The second-order valence-corrected chi connectivity index (χ2v) is 5.58. The van der Waals surface area contributed by atoms with Crippen molar-refractivity contribution in [1.29, 1.82) is 0 Å². The van der Waals surface area contributed by atoms with Crippen LogP contribution in [0.25, 0.3) is 0 Å². The zero-order valence-corrected chi connectivity index (χ0v) is 13.9. The van der Waals surface area contributed by atoms with Gasteiger partial charge in [0.15, 0.2) is 5.78 Å². The van der Waals surface area contributed by atoms with E-state index in [0.29, 0.717) is 5.56 Å². The van der Waals surface area contributed by atoms with Crippen molar-refractivity contribution < 1.29 is 9.59 Å².